The number of aromatic nitrogens is 1. The quantitative estimate of drug-likeness (QED) is 0.375. The lowest BCUT2D eigenvalue weighted by atomic mass is 9.64. The van der Waals surface area contributed by atoms with Crippen LogP contribution in [0, 0.1) is 23.2 Å². The van der Waals surface area contributed by atoms with E-state index in [2.05, 4.69) is 11.6 Å². The van der Waals surface area contributed by atoms with Crippen molar-refractivity contribution in [1.82, 2.24) is 4.98 Å². The molecule has 186 valence electrons. The Balaban J connectivity index is 1.54. The van der Waals surface area contributed by atoms with Crippen molar-refractivity contribution >= 4 is 11.8 Å². The van der Waals surface area contributed by atoms with Crippen molar-refractivity contribution in [3.8, 4) is 23.1 Å². The summed E-state index contributed by atoms with van der Waals surface area (Å²) >= 11 is 0. The van der Waals surface area contributed by atoms with Crippen LogP contribution in [0.3, 0.4) is 0 Å². The van der Waals surface area contributed by atoms with Gasteiger partial charge in [-0.2, -0.15) is 5.26 Å². The Kier molecular flexibility index (Phi) is 6.00. The van der Waals surface area contributed by atoms with Gasteiger partial charge in [-0.15, -0.1) is 0 Å². The van der Waals surface area contributed by atoms with Crippen LogP contribution in [0.25, 0.3) is 11.3 Å². The molecule has 1 saturated carbocycles. The van der Waals surface area contributed by atoms with Gasteiger partial charge in [-0.25, -0.2) is 9.59 Å². The van der Waals surface area contributed by atoms with E-state index in [-0.39, 0.29) is 28.6 Å². The number of benzene rings is 1. The zero-order valence-corrected chi connectivity index (χ0v) is 20.4. The molecule has 37 heavy (non-hydrogen) atoms. The summed E-state index contributed by atoms with van der Waals surface area (Å²) in [5.74, 6) is -1.56. The highest BCUT2D eigenvalue weighted by Gasteiger charge is 2.58. The number of pyridine rings is 1. The summed E-state index contributed by atoms with van der Waals surface area (Å²) in [7, 11) is 0. The monoisotopic (exact) mass is 496 g/mol. The van der Waals surface area contributed by atoms with Crippen molar-refractivity contribution in [2.24, 2.45) is 11.8 Å². The summed E-state index contributed by atoms with van der Waals surface area (Å²) in [6.45, 7) is 7.66. The van der Waals surface area contributed by atoms with Gasteiger partial charge in [0, 0.05) is 24.0 Å². The van der Waals surface area contributed by atoms with E-state index >= 15 is 0 Å². The average molecular weight is 497 g/mol. The summed E-state index contributed by atoms with van der Waals surface area (Å²) in [6.07, 6.45) is 3.14. The molecule has 0 N–H and O–H groups in total. The maximum Gasteiger partial charge on any atom is 0.351 e. The van der Waals surface area contributed by atoms with Crippen molar-refractivity contribution in [2.45, 2.75) is 38.4 Å². The summed E-state index contributed by atoms with van der Waals surface area (Å²) in [5, 5.41) is 9.03. The molecule has 0 bridgehead atoms. The largest absolute Gasteiger partial charge is 0.482 e. The van der Waals surface area contributed by atoms with E-state index in [1.165, 1.54) is 30.3 Å². The standard InChI is InChI=1S/C29H24N2O6/c1-16(2)20-11-21-26(32)25-23(13-22(35-28(25)34)19-5-4-10-31-15-19)37-29(21,3)24(12-20)36-27(33)18-8-6-17(14-30)7-9-18/h4-10,13,15,20-21,24H,1,11-12H2,2-3H3/t20-,21-,24?,29-/m0/s1. The van der Waals surface area contributed by atoms with E-state index < -0.39 is 35.0 Å². The number of carbonyl (C=O) groups is 2. The maximum atomic E-state index is 13.7. The van der Waals surface area contributed by atoms with E-state index in [4.69, 9.17) is 19.2 Å². The van der Waals surface area contributed by atoms with Crippen molar-refractivity contribution in [3.05, 3.63) is 94.1 Å². The van der Waals surface area contributed by atoms with Gasteiger partial charge in [-0.3, -0.25) is 9.78 Å². The van der Waals surface area contributed by atoms with Crippen LogP contribution in [0.4, 0.5) is 0 Å². The highest BCUT2D eigenvalue weighted by atomic mass is 16.6. The number of hydrogen-bond donors (Lipinski definition) is 0. The minimum Gasteiger partial charge on any atom is -0.482 e. The van der Waals surface area contributed by atoms with Gasteiger partial charge in [0.25, 0.3) is 0 Å². The number of nitriles is 1. The molecule has 0 radical (unpaired) electrons. The fourth-order valence-corrected chi connectivity index (χ4v) is 5.12. The smallest absolute Gasteiger partial charge is 0.351 e. The molecule has 8 heteroatoms. The van der Waals surface area contributed by atoms with Crippen molar-refractivity contribution in [1.29, 1.82) is 5.26 Å². The maximum absolute atomic E-state index is 13.7. The van der Waals surface area contributed by atoms with Gasteiger partial charge in [-0.1, -0.05) is 12.2 Å². The van der Waals surface area contributed by atoms with Crippen LogP contribution >= 0.6 is 0 Å². The highest BCUT2D eigenvalue weighted by Crippen LogP contribution is 2.49. The number of rotatable bonds is 4. The SMILES string of the molecule is C=C(C)[C@@H]1CC(OC(=O)c2ccc(C#N)cc2)[C@@]2(C)Oc3cc(-c4cccnc4)oc(=O)c3C(=O)[C@@H]2C1. The molecular weight excluding hydrogens is 472 g/mol. The Morgan fingerprint density at radius 3 is 2.62 bits per heavy atom. The number of carbonyl (C=O) groups excluding carboxylic acids is 2. The minimum absolute atomic E-state index is 0.0899. The zero-order chi connectivity index (χ0) is 26.3. The third kappa shape index (κ3) is 4.23. The predicted octanol–water partition coefficient (Wildman–Crippen LogP) is 4.74. The molecule has 1 aliphatic heterocycles. The van der Waals surface area contributed by atoms with E-state index in [1.807, 2.05) is 13.0 Å². The van der Waals surface area contributed by atoms with Crippen LogP contribution < -0.4 is 10.4 Å². The second kappa shape index (κ2) is 9.17. The van der Waals surface area contributed by atoms with Crippen LogP contribution in [0.2, 0.25) is 0 Å². The second-order valence-electron chi connectivity index (χ2n) is 9.68. The third-order valence-electron chi connectivity index (χ3n) is 7.30. The Hall–Kier alpha value is -4.51. The van der Waals surface area contributed by atoms with E-state index in [9.17, 15) is 14.4 Å². The Morgan fingerprint density at radius 2 is 1.97 bits per heavy atom. The predicted molar refractivity (Wildman–Crippen MR) is 133 cm³/mol. The van der Waals surface area contributed by atoms with E-state index in [0.29, 0.717) is 24.0 Å². The van der Waals surface area contributed by atoms with Gasteiger partial charge in [0.1, 0.15) is 23.2 Å². The van der Waals surface area contributed by atoms with Crippen molar-refractivity contribution in [2.75, 3.05) is 0 Å². The molecule has 1 unspecified atom stereocenters. The third-order valence-corrected chi connectivity index (χ3v) is 7.30. The highest BCUT2D eigenvalue weighted by molar-refractivity contribution is 6.02. The molecule has 1 aromatic carbocycles. The first-order valence-electron chi connectivity index (χ1n) is 11.9. The lowest BCUT2D eigenvalue weighted by Crippen LogP contribution is -2.61. The van der Waals surface area contributed by atoms with Gasteiger partial charge in [0.15, 0.2) is 11.4 Å². The van der Waals surface area contributed by atoms with Gasteiger partial charge >= 0.3 is 11.6 Å². The Morgan fingerprint density at radius 1 is 1.22 bits per heavy atom. The summed E-state index contributed by atoms with van der Waals surface area (Å²) in [6, 6.07) is 13.1. The number of ketones is 1. The molecular formula is C29H24N2O6. The van der Waals surface area contributed by atoms with Crippen LogP contribution in [0.1, 0.15) is 53.0 Å². The average Bonchev–Trinajstić information content (AvgIpc) is 2.89. The van der Waals surface area contributed by atoms with Crippen molar-refractivity contribution in [3.63, 3.8) is 0 Å². The van der Waals surface area contributed by atoms with Crippen LogP contribution in [0.5, 0.6) is 5.75 Å². The number of esters is 1. The summed E-state index contributed by atoms with van der Waals surface area (Å²) in [5.41, 5.74) is -0.0531. The summed E-state index contributed by atoms with van der Waals surface area (Å²) < 4.78 is 17.8. The van der Waals surface area contributed by atoms with Crippen LogP contribution in [-0.2, 0) is 4.74 Å². The topological polar surface area (TPSA) is 119 Å². The molecule has 4 atom stereocenters. The van der Waals surface area contributed by atoms with Crippen molar-refractivity contribution < 1.29 is 23.5 Å². The first-order chi connectivity index (χ1) is 17.7. The molecule has 8 nitrogen and oxygen atoms in total. The molecule has 2 aliphatic rings. The fourth-order valence-electron chi connectivity index (χ4n) is 5.12. The molecule has 2 aromatic heterocycles. The van der Waals surface area contributed by atoms with Gasteiger partial charge in [-0.05, 0) is 69.0 Å². The number of nitrogens with zero attached hydrogens (tertiary/aromatic N) is 2. The minimum atomic E-state index is -1.22. The molecule has 0 amide bonds. The molecule has 3 aromatic rings. The number of ether oxygens (including phenoxy) is 2. The molecule has 1 aliphatic carbocycles. The number of fused-ring (bicyclic) bond motifs is 2. The Bertz CT molecular complexity index is 1500. The van der Waals surface area contributed by atoms with Crippen LogP contribution in [-0.4, -0.2) is 28.4 Å². The normalized spacial score (nSPS) is 24.1. The van der Waals surface area contributed by atoms with Crippen LogP contribution in [0.15, 0.2) is 76.2 Å². The van der Waals surface area contributed by atoms with Gasteiger partial charge < -0.3 is 13.9 Å². The first kappa shape index (κ1) is 24.2. The van der Waals surface area contributed by atoms with Gasteiger partial charge in [0.2, 0.25) is 0 Å². The molecule has 0 saturated heterocycles. The lowest BCUT2D eigenvalue weighted by Gasteiger charge is -2.50. The summed E-state index contributed by atoms with van der Waals surface area (Å²) in [4.78, 5) is 43.8. The van der Waals surface area contributed by atoms with E-state index in [0.717, 1.165) is 5.57 Å². The molecule has 0 spiro atoms. The number of allylic oxidation sites excluding steroid dienone is 1. The molecule has 3 heterocycles. The molecule has 5 rings (SSSR count). The first-order valence-corrected chi connectivity index (χ1v) is 11.9. The molecule has 1 fully saturated rings. The zero-order valence-electron chi connectivity index (χ0n) is 20.4. The Labute approximate surface area is 213 Å². The van der Waals surface area contributed by atoms with E-state index in [1.54, 1.807) is 31.5 Å². The second-order valence-corrected chi connectivity index (χ2v) is 9.68. The number of Topliss-reactive ketones (excluding diaryl/α,β-unsaturated/α-hetero) is 1. The lowest BCUT2D eigenvalue weighted by molar-refractivity contribution is -0.116. The number of hydrogen-bond acceptors (Lipinski definition) is 8. The fraction of sp³-hybridized carbons (Fsp3) is 0.276. The van der Waals surface area contributed by atoms with Gasteiger partial charge in [0.05, 0.1) is 23.1 Å².